The van der Waals surface area contributed by atoms with E-state index in [1.54, 1.807) is 12.1 Å². The highest BCUT2D eigenvalue weighted by Gasteiger charge is 2.15. The SMILES string of the molecule is NC(N)=NC(=O)Cn1c(-c2ccc(F)cc2)ccc1-c1ccc2ccccc2c1. The van der Waals surface area contributed by atoms with Crippen LogP contribution in [-0.4, -0.2) is 16.4 Å². The highest BCUT2D eigenvalue weighted by Crippen LogP contribution is 2.31. The Labute approximate surface area is 167 Å². The molecule has 1 aromatic heterocycles. The fraction of sp³-hybridized carbons (Fsp3) is 0.0435. The van der Waals surface area contributed by atoms with Gasteiger partial charge in [0, 0.05) is 11.4 Å². The molecule has 0 fully saturated rings. The predicted octanol–water partition coefficient (Wildman–Crippen LogP) is 3.91. The number of aliphatic imine (C=N–C) groups is 1. The van der Waals surface area contributed by atoms with E-state index >= 15 is 0 Å². The number of aromatic nitrogens is 1. The number of carbonyl (C=O) groups excluding carboxylic acids is 1. The van der Waals surface area contributed by atoms with Crippen LogP contribution in [0.2, 0.25) is 0 Å². The van der Waals surface area contributed by atoms with Gasteiger partial charge in [-0.3, -0.25) is 4.79 Å². The Balaban J connectivity index is 1.85. The second kappa shape index (κ2) is 7.59. The van der Waals surface area contributed by atoms with Crippen LogP contribution in [0.15, 0.2) is 83.9 Å². The van der Waals surface area contributed by atoms with Crippen molar-refractivity contribution in [3.8, 4) is 22.5 Å². The Bertz CT molecular complexity index is 1220. The zero-order valence-corrected chi connectivity index (χ0v) is 15.5. The third-order valence-electron chi connectivity index (χ3n) is 4.71. The number of benzene rings is 3. The minimum atomic E-state index is -0.466. The van der Waals surface area contributed by atoms with Gasteiger partial charge in [0.05, 0.1) is 0 Å². The van der Waals surface area contributed by atoms with Crippen molar-refractivity contribution in [1.82, 2.24) is 4.57 Å². The maximum Gasteiger partial charge on any atom is 0.268 e. The first-order chi connectivity index (χ1) is 14.0. The predicted molar refractivity (Wildman–Crippen MR) is 114 cm³/mol. The molecule has 0 bridgehead atoms. The van der Waals surface area contributed by atoms with Gasteiger partial charge in [0.25, 0.3) is 5.91 Å². The van der Waals surface area contributed by atoms with E-state index in [0.29, 0.717) is 0 Å². The number of hydrogen-bond donors (Lipinski definition) is 2. The van der Waals surface area contributed by atoms with E-state index in [-0.39, 0.29) is 18.3 Å². The summed E-state index contributed by atoms with van der Waals surface area (Å²) in [5.74, 6) is -1.07. The Hall–Kier alpha value is -3.93. The van der Waals surface area contributed by atoms with Crippen LogP contribution in [0.1, 0.15) is 0 Å². The van der Waals surface area contributed by atoms with Crippen LogP contribution in [0.3, 0.4) is 0 Å². The fourth-order valence-corrected chi connectivity index (χ4v) is 3.43. The normalized spacial score (nSPS) is 10.8. The number of nitrogens with zero attached hydrogens (tertiary/aromatic N) is 2. The molecule has 4 aromatic rings. The number of nitrogens with two attached hydrogens (primary N) is 2. The summed E-state index contributed by atoms with van der Waals surface area (Å²) in [6.07, 6.45) is 0. The molecule has 3 aromatic carbocycles. The summed E-state index contributed by atoms with van der Waals surface area (Å²) in [6.45, 7) is -0.0419. The van der Waals surface area contributed by atoms with Crippen molar-refractivity contribution < 1.29 is 9.18 Å². The van der Waals surface area contributed by atoms with E-state index in [1.165, 1.54) is 12.1 Å². The number of fused-ring (bicyclic) bond motifs is 1. The molecule has 0 aliphatic rings. The van der Waals surface area contributed by atoms with Crippen molar-refractivity contribution in [3.05, 3.63) is 84.7 Å². The summed E-state index contributed by atoms with van der Waals surface area (Å²) < 4.78 is 15.2. The summed E-state index contributed by atoms with van der Waals surface area (Å²) >= 11 is 0. The first kappa shape index (κ1) is 18.4. The molecule has 0 unspecified atom stereocenters. The van der Waals surface area contributed by atoms with Gasteiger partial charge in [-0.15, -0.1) is 0 Å². The molecule has 0 radical (unpaired) electrons. The standard InChI is InChI=1S/C23H19FN4O/c24-19-9-7-16(8-10-19)20-11-12-21(28(20)14-22(29)27-23(25)26)18-6-5-15-3-1-2-4-17(15)13-18/h1-13H,14H2,(H4,25,26,27,29). The monoisotopic (exact) mass is 386 g/mol. The molecule has 1 amide bonds. The summed E-state index contributed by atoms with van der Waals surface area (Å²) in [5.41, 5.74) is 14.1. The minimum absolute atomic E-state index is 0.0419. The lowest BCUT2D eigenvalue weighted by molar-refractivity contribution is -0.118. The zero-order chi connectivity index (χ0) is 20.4. The molecule has 29 heavy (non-hydrogen) atoms. The summed E-state index contributed by atoms with van der Waals surface area (Å²) in [5, 5.41) is 2.22. The largest absolute Gasteiger partial charge is 0.370 e. The van der Waals surface area contributed by atoms with E-state index in [9.17, 15) is 9.18 Å². The molecule has 0 aliphatic heterocycles. The lowest BCUT2D eigenvalue weighted by Gasteiger charge is -2.13. The Morgan fingerprint density at radius 3 is 2.14 bits per heavy atom. The average Bonchev–Trinajstić information content (AvgIpc) is 3.11. The van der Waals surface area contributed by atoms with Gasteiger partial charge in [-0.2, -0.15) is 4.99 Å². The summed E-state index contributed by atoms with van der Waals surface area (Å²) in [7, 11) is 0. The lowest BCUT2D eigenvalue weighted by Crippen LogP contribution is -2.25. The van der Waals surface area contributed by atoms with Crippen LogP contribution >= 0.6 is 0 Å². The van der Waals surface area contributed by atoms with E-state index < -0.39 is 5.91 Å². The molecule has 1 heterocycles. The second-order valence-corrected chi connectivity index (χ2v) is 6.69. The number of guanidine groups is 1. The molecule has 144 valence electrons. The maximum absolute atomic E-state index is 13.4. The summed E-state index contributed by atoms with van der Waals surface area (Å²) in [6, 6.07) is 24.1. The van der Waals surface area contributed by atoms with Crippen molar-refractivity contribution in [2.45, 2.75) is 6.54 Å². The number of hydrogen-bond acceptors (Lipinski definition) is 1. The topological polar surface area (TPSA) is 86.4 Å². The average molecular weight is 386 g/mol. The van der Waals surface area contributed by atoms with Gasteiger partial charge < -0.3 is 16.0 Å². The number of carbonyl (C=O) groups is 1. The van der Waals surface area contributed by atoms with Crippen LogP contribution < -0.4 is 11.5 Å². The van der Waals surface area contributed by atoms with Crippen LogP contribution in [0.5, 0.6) is 0 Å². The first-order valence-corrected chi connectivity index (χ1v) is 9.08. The van der Waals surface area contributed by atoms with Gasteiger partial charge >= 0.3 is 0 Å². The molecule has 0 saturated heterocycles. The quantitative estimate of drug-likeness (QED) is 0.412. The molecule has 6 heteroatoms. The van der Waals surface area contributed by atoms with Gasteiger partial charge in [-0.25, -0.2) is 4.39 Å². The Morgan fingerprint density at radius 2 is 1.45 bits per heavy atom. The maximum atomic E-state index is 13.4. The van der Waals surface area contributed by atoms with Crippen molar-refractivity contribution in [2.75, 3.05) is 0 Å². The molecular weight excluding hydrogens is 367 g/mol. The molecule has 0 saturated carbocycles. The van der Waals surface area contributed by atoms with Gasteiger partial charge in [-0.05, 0) is 64.4 Å². The number of rotatable bonds is 4. The van der Waals surface area contributed by atoms with Crippen LogP contribution in [0.4, 0.5) is 4.39 Å². The van der Waals surface area contributed by atoms with Crippen LogP contribution in [0.25, 0.3) is 33.3 Å². The van der Waals surface area contributed by atoms with Gasteiger partial charge in [0.2, 0.25) is 0 Å². The van der Waals surface area contributed by atoms with Crippen molar-refractivity contribution >= 4 is 22.6 Å². The highest BCUT2D eigenvalue weighted by molar-refractivity contribution is 5.92. The molecule has 0 spiro atoms. The van der Waals surface area contributed by atoms with Crippen LogP contribution in [0, 0.1) is 5.82 Å². The Kier molecular flexibility index (Phi) is 4.83. The van der Waals surface area contributed by atoms with Gasteiger partial charge in [0.15, 0.2) is 5.96 Å². The third kappa shape index (κ3) is 3.87. The molecule has 0 aliphatic carbocycles. The summed E-state index contributed by atoms with van der Waals surface area (Å²) in [4.78, 5) is 16.0. The minimum Gasteiger partial charge on any atom is -0.370 e. The highest BCUT2D eigenvalue weighted by atomic mass is 19.1. The smallest absolute Gasteiger partial charge is 0.268 e. The van der Waals surface area contributed by atoms with E-state index in [2.05, 4.69) is 11.1 Å². The molecule has 4 rings (SSSR count). The van der Waals surface area contributed by atoms with E-state index in [1.807, 2.05) is 53.1 Å². The molecule has 4 N–H and O–H groups in total. The second-order valence-electron chi connectivity index (χ2n) is 6.69. The molecular formula is C23H19FN4O. The molecule has 0 atom stereocenters. The molecule has 5 nitrogen and oxygen atoms in total. The van der Waals surface area contributed by atoms with Crippen LogP contribution in [-0.2, 0) is 11.3 Å². The fourth-order valence-electron chi connectivity index (χ4n) is 3.43. The van der Waals surface area contributed by atoms with Gasteiger partial charge in [0.1, 0.15) is 12.4 Å². The van der Waals surface area contributed by atoms with Gasteiger partial charge in [-0.1, -0.05) is 36.4 Å². The number of halogens is 1. The Morgan fingerprint density at radius 1 is 0.828 bits per heavy atom. The third-order valence-corrected chi connectivity index (χ3v) is 4.71. The first-order valence-electron chi connectivity index (χ1n) is 9.08. The van der Waals surface area contributed by atoms with Crippen molar-refractivity contribution in [2.24, 2.45) is 16.5 Å². The lowest BCUT2D eigenvalue weighted by atomic mass is 10.1. The van der Waals surface area contributed by atoms with Crippen molar-refractivity contribution in [3.63, 3.8) is 0 Å². The van der Waals surface area contributed by atoms with E-state index in [4.69, 9.17) is 11.5 Å². The zero-order valence-electron chi connectivity index (χ0n) is 15.5. The van der Waals surface area contributed by atoms with E-state index in [0.717, 1.165) is 33.3 Å². The van der Waals surface area contributed by atoms with Crippen molar-refractivity contribution in [1.29, 1.82) is 0 Å². The number of amides is 1.